The first-order valence-corrected chi connectivity index (χ1v) is 7.10. The third kappa shape index (κ3) is 3.35. The predicted molar refractivity (Wildman–Crippen MR) is 77.2 cm³/mol. The van der Waals surface area contributed by atoms with Gasteiger partial charge in [0.2, 0.25) is 0 Å². The molecule has 0 saturated carbocycles. The first kappa shape index (κ1) is 14.1. The zero-order chi connectivity index (χ0) is 13.8. The molecule has 1 aromatic rings. The molecule has 2 heterocycles. The molecule has 2 atom stereocenters. The van der Waals surface area contributed by atoms with Gasteiger partial charge in [-0.2, -0.15) is 0 Å². The molecule has 0 spiro atoms. The van der Waals surface area contributed by atoms with Crippen molar-refractivity contribution < 1.29 is 4.74 Å². The molecule has 5 nitrogen and oxygen atoms in total. The van der Waals surface area contributed by atoms with Gasteiger partial charge in [0.1, 0.15) is 17.5 Å². The van der Waals surface area contributed by atoms with Crippen LogP contribution in [0.2, 0.25) is 0 Å². The SMILES string of the molecule is CCCc1nc(N)c(C)c(NCC2CCOC2C)n1. The van der Waals surface area contributed by atoms with Crippen LogP contribution >= 0.6 is 0 Å². The number of nitrogens with one attached hydrogen (secondary N) is 1. The Hall–Kier alpha value is -1.36. The number of hydrogen-bond donors (Lipinski definition) is 2. The molecule has 0 amide bonds. The number of nitrogens with two attached hydrogens (primary N) is 1. The second kappa shape index (κ2) is 6.19. The molecule has 2 unspecified atom stereocenters. The van der Waals surface area contributed by atoms with Gasteiger partial charge >= 0.3 is 0 Å². The average molecular weight is 264 g/mol. The highest BCUT2D eigenvalue weighted by atomic mass is 16.5. The highest BCUT2D eigenvalue weighted by molar-refractivity contribution is 5.54. The maximum Gasteiger partial charge on any atom is 0.134 e. The summed E-state index contributed by atoms with van der Waals surface area (Å²) in [6.45, 7) is 7.94. The number of nitrogens with zero attached hydrogens (tertiary/aromatic N) is 2. The van der Waals surface area contributed by atoms with Crippen molar-refractivity contribution in [3.05, 3.63) is 11.4 Å². The van der Waals surface area contributed by atoms with Gasteiger partial charge in [-0.3, -0.25) is 0 Å². The van der Waals surface area contributed by atoms with Crippen molar-refractivity contribution in [1.29, 1.82) is 0 Å². The summed E-state index contributed by atoms with van der Waals surface area (Å²) >= 11 is 0. The minimum atomic E-state index is 0.321. The third-order valence-electron chi connectivity index (χ3n) is 3.77. The van der Waals surface area contributed by atoms with E-state index in [-0.39, 0.29) is 0 Å². The molecule has 1 saturated heterocycles. The summed E-state index contributed by atoms with van der Waals surface area (Å²) in [5.74, 6) is 2.82. The van der Waals surface area contributed by atoms with E-state index in [0.717, 1.165) is 49.6 Å². The fraction of sp³-hybridized carbons (Fsp3) is 0.714. The first-order valence-electron chi connectivity index (χ1n) is 7.10. The monoisotopic (exact) mass is 264 g/mol. The van der Waals surface area contributed by atoms with Gasteiger partial charge in [-0.15, -0.1) is 0 Å². The van der Waals surface area contributed by atoms with Crippen LogP contribution in [0.3, 0.4) is 0 Å². The van der Waals surface area contributed by atoms with Crippen molar-refractivity contribution in [2.75, 3.05) is 24.2 Å². The van der Waals surface area contributed by atoms with Gasteiger partial charge < -0.3 is 15.8 Å². The molecule has 0 bridgehead atoms. The number of rotatable bonds is 5. The Morgan fingerprint density at radius 2 is 2.21 bits per heavy atom. The van der Waals surface area contributed by atoms with Gasteiger partial charge in [0.25, 0.3) is 0 Å². The van der Waals surface area contributed by atoms with Crippen molar-refractivity contribution >= 4 is 11.6 Å². The number of ether oxygens (including phenoxy) is 1. The molecule has 0 aromatic carbocycles. The summed E-state index contributed by atoms with van der Waals surface area (Å²) in [5.41, 5.74) is 6.88. The Bertz CT molecular complexity index is 436. The lowest BCUT2D eigenvalue weighted by atomic mass is 10.0. The molecular weight excluding hydrogens is 240 g/mol. The van der Waals surface area contributed by atoms with Crippen molar-refractivity contribution in [3.8, 4) is 0 Å². The summed E-state index contributed by atoms with van der Waals surface area (Å²) in [6, 6.07) is 0. The van der Waals surface area contributed by atoms with E-state index in [1.54, 1.807) is 0 Å². The van der Waals surface area contributed by atoms with Gasteiger partial charge in [-0.05, 0) is 26.7 Å². The van der Waals surface area contributed by atoms with Crippen LogP contribution in [0.4, 0.5) is 11.6 Å². The van der Waals surface area contributed by atoms with Crippen LogP contribution < -0.4 is 11.1 Å². The molecule has 1 aliphatic heterocycles. The topological polar surface area (TPSA) is 73.1 Å². The Morgan fingerprint density at radius 3 is 2.84 bits per heavy atom. The van der Waals surface area contributed by atoms with E-state index >= 15 is 0 Å². The Balaban J connectivity index is 2.06. The van der Waals surface area contributed by atoms with E-state index in [1.807, 2.05) is 6.92 Å². The van der Waals surface area contributed by atoms with Crippen LogP contribution in [-0.2, 0) is 11.2 Å². The van der Waals surface area contributed by atoms with E-state index < -0.39 is 0 Å². The highest BCUT2D eigenvalue weighted by Crippen LogP contribution is 2.23. The van der Waals surface area contributed by atoms with Crippen molar-refractivity contribution in [3.63, 3.8) is 0 Å². The minimum absolute atomic E-state index is 0.321. The van der Waals surface area contributed by atoms with Crippen LogP contribution in [0.5, 0.6) is 0 Å². The summed E-state index contributed by atoms with van der Waals surface area (Å²) in [5, 5.41) is 3.41. The van der Waals surface area contributed by atoms with E-state index in [2.05, 4.69) is 29.1 Å². The molecule has 1 fully saturated rings. The summed E-state index contributed by atoms with van der Waals surface area (Å²) in [4.78, 5) is 8.89. The van der Waals surface area contributed by atoms with Crippen LogP contribution in [0.1, 0.15) is 38.1 Å². The quantitative estimate of drug-likeness (QED) is 0.852. The molecule has 0 aliphatic carbocycles. The number of anilines is 2. The molecule has 0 radical (unpaired) electrons. The van der Waals surface area contributed by atoms with Gasteiger partial charge in [-0.1, -0.05) is 6.92 Å². The number of hydrogen-bond acceptors (Lipinski definition) is 5. The fourth-order valence-electron chi connectivity index (χ4n) is 2.36. The first-order chi connectivity index (χ1) is 9.11. The molecule has 5 heteroatoms. The Morgan fingerprint density at radius 1 is 1.42 bits per heavy atom. The van der Waals surface area contributed by atoms with E-state index in [0.29, 0.717) is 17.8 Å². The Kier molecular flexibility index (Phi) is 4.58. The number of nitrogen functional groups attached to an aromatic ring is 1. The lowest BCUT2D eigenvalue weighted by Gasteiger charge is -2.17. The van der Waals surface area contributed by atoms with Crippen LogP contribution in [0, 0.1) is 12.8 Å². The zero-order valence-electron chi connectivity index (χ0n) is 12.1. The predicted octanol–water partition coefficient (Wildman–Crippen LogP) is 2.16. The molecule has 106 valence electrons. The molecule has 19 heavy (non-hydrogen) atoms. The summed E-state index contributed by atoms with van der Waals surface area (Å²) in [6.07, 6.45) is 3.31. The molecule has 1 aliphatic rings. The third-order valence-corrected chi connectivity index (χ3v) is 3.77. The van der Waals surface area contributed by atoms with E-state index in [1.165, 1.54) is 0 Å². The minimum Gasteiger partial charge on any atom is -0.383 e. The van der Waals surface area contributed by atoms with E-state index in [4.69, 9.17) is 10.5 Å². The maximum absolute atomic E-state index is 5.95. The van der Waals surface area contributed by atoms with Crippen LogP contribution in [-0.4, -0.2) is 29.2 Å². The van der Waals surface area contributed by atoms with Gasteiger partial charge in [0, 0.05) is 31.1 Å². The molecule has 3 N–H and O–H groups in total. The van der Waals surface area contributed by atoms with Crippen LogP contribution in [0.25, 0.3) is 0 Å². The van der Waals surface area contributed by atoms with E-state index in [9.17, 15) is 0 Å². The maximum atomic E-state index is 5.95. The van der Waals surface area contributed by atoms with Crippen molar-refractivity contribution in [2.45, 2.75) is 46.1 Å². The van der Waals surface area contributed by atoms with Gasteiger partial charge in [-0.25, -0.2) is 9.97 Å². The highest BCUT2D eigenvalue weighted by Gasteiger charge is 2.24. The van der Waals surface area contributed by atoms with Gasteiger partial charge in [0.05, 0.1) is 6.10 Å². The Labute approximate surface area is 115 Å². The van der Waals surface area contributed by atoms with Crippen molar-refractivity contribution in [1.82, 2.24) is 9.97 Å². The van der Waals surface area contributed by atoms with Gasteiger partial charge in [0.15, 0.2) is 0 Å². The van der Waals surface area contributed by atoms with Crippen molar-refractivity contribution in [2.24, 2.45) is 5.92 Å². The average Bonchev–Trinajstić information content (AvgIpc) is 2.78. The zero-order valence-corrected chi connectivity index (χ0v) is 12.1. The van der Waals surface area contributed by atoms with Crippen LogP contribution in [0.15, 0.2) is 0 Å². The lowest BCUT2D eigenvalue weighted by molar-refractivity contribution is 0.108. The molecule has 1 aromatic heterocycles. The molecule has 2 rings (SSSR count). The standard InChI is InChI=1S/C14H24N4O/c1-4-5-12-17-13(15)9(2)14(18-12)16-8-11-6-7-19-10(11)3/h10-11H,4-8H2,1-3H3,(H3,15,16,17,18). The second-order valence-electron chi connectivity index (χ2n) is 5.25. The molecular formula is C14H24N4O. The largest absolute Gasteiger partial charge is 0.383 e. The fourth-order valence-corrected chi connectivity index (χ4v) is 2.36. The second-order valence-corrected chi connectivity index (χ2v) is 5.25. The normalized spacial score (nSPS) is 22.7. The summed E-state index contributed by atoms with van der Waals surface area (Å²) < 4.78 is 5.57. The number of aryl methyl sites for hydroxylation is 1. The smallest absolute Gasteiger partial charge is 0.134 e. The number of aromatic nitrogens is 2. The lowest BCUT2D eigenvalue weighted by Crippen LogP contribution is -2.22. The summed E-state index contributed by atoms with van der Waals surface area (Å²) in [7, 11) is 0.